The number of thioether (sulfide) groups is 1. The van der Waals surface area contributed by atoms with Crippen LogP contribution in [0, 0.1) is 6.92 Å². The van der Waals surface area contributed by atoms with Crippen LogP contribution in [0.2, 0.25) is 0 Å². The number of nitrogens with zero attached hydrogens (tertiary/aromatic N) is 1. The number of ether oxygens (including phenoxy) is 1. The quantitative estimate of drug-likeness (QED) is 0.689. The van der Waals surface area contributed by atoms with Crippen LogP contribution in [0.15, 0.2) is 34.1 Å². The highest BCUT2D eigenvalue weighted by Crippen LogP contribution is 2.31. The highest BCUT2D eigenvalue weighted by Gasteiger charge is 2.22. The summed E-state index contributed by atoms with van der Waals surface area (Å²) in [4.78, 5) is 28.0. The number of Topliss-reactive ketones (excluding diaryl/α,β-unsaturated/α-hetero) is 1. The SMILES string of the molecule is Cc1coc(SC(C)C(=O)c2ccc3c(c2)NC(=O)CO3)n1. The van der Waals surface area contributed by atoms with E-state index in [1.165, 1.54) is 11.8 Å². The van der Waals surface area contributed by atoms with E-state index in [0.29, 0.717) is 22.2 Å². The normalized spacial score (nSPS) is 14.7. The van der Waals surface area contributed by atoms with E-state index in [1.54, 1.807) is 31.4 Å². The molecule has 1 aliphatic heterocycles. The van der Waals surface area contributed by atoms with Crippen molar-refractivity contribution in [3.8, 4) is 5.75 Å². The maximum Gasteiger partial charge on any atom is 0.262 e. The number of benzene rings is 1. The van der Waals surface area contributed by atoms with Gasteiger partial charge in [0.1, 0.15) is 12.0 Å². The molecule has 0 fully saturated rings. The number of amides is 1. The van der Waals surface area contributed by atoms with Gasteiger partial charge in [0.15, 0.2) is 12.4 Å². The van der Waals surface area contributed by atoms with Crippen molar-refractivity contribution in [2.45, 2.75) is 24.3 Å². The summed E-state index contributed by atoms with van der Waals surface area (Å²) in [6, 6.07) is 5.01. The van der Waals surface area contributed by atoms with E-state index in [9.17, 15) is 9.59 Å². The fraction of sp³-hybridized carbons (Fsp3) is 0.267. The Morgan fingerprint density at radius 2 is 2.27 bits per heavy atom. The van der Waals surface area contributed by atoms with Crippen molar-refractivity contribution in [3.05, 3.63) is 35.7 Å². The van der Waals surface area contributed by atoms with Crippen molar-refractivity contribution in [2.24, 2.45) is 0 Å². The molecule has 1 unspecified atom stereocenters. The molecule has 0 radical (unpaired) electrons. The average Bonchev–Trinajstić information content (AvgIpc) is 2.90. The van der Waals surface area contributed by atoms with Crippen LogP contribution >= 0.6 is 11.8 Å². The third-order valence-corrected chi connectivity index (χ3v) is 4.10. The highest BCUT2D eigenvalue weighted by molar-refractivity contribution is 8.00. The number of carbonyl (C=O) groups excluding carboxylic acids is 2. The van der Waals surface area contributed by atoms with E-state index < -0.39 is 0 Å². The minimum Gasteiger partial charge on any atom is -0.482 e. The minimum atomic E-state index is -0.351. The van der Waals surface area contributed by atoms with Crippen molar-refractivity contribution in [1.29, 1.82) is 0 Å². The summed E-state index contributed by atoms with van der Waals surface area (Å²) in [5.74, 6) is 0.276. The molecule has 2 heterocycles. The number of ketones is 1. The van der Waals surface area contributed by atoms with Gasteiger partial charge in [-0.1, -0.05) is 11.8 Å². The van der Waals surface area contributed by atoms with Gasteiger partial charge >= 0.3 is 0 Å². The van der Waals surface area contributed by atoms with E-state index in [4.69, 9.17) is 9.15 Å². The van der Waals surface area contributed by atoms with Gasteiger partial charge in [0, 0.05) is 5.56 Å². The number of rotatable bonds is 4. The Morgan fingerprint density at radius 3 is 3.00 bits per heavy atom. The molecule has 1 aromatic heterocycles. The number of aryl methyl sites for hydroxylation is 1. The summed E-state index contributed by atoms with van der Waals surface area (Å²) >= 11 is 1.26. The van der Waals surface area contributed by atoms with Gasteiger partial charge in [-0.05, 0) is 32.0 Å². The van der Waals surface area contributed by atoms with E-state index in [0.717, 1.165) is 5.69 Å². The average molecular weight is 318 g/mol. The van der Waals surface area contributed by atoms with E-state index in [1.807, 2.05) is 6.92 Å². The van der Waals surface area contributed by atoms with Crippen molar-refractivity contribution < 1.29 is 18.7 Å². The Labute approximate surface area is 131 Å². The molecule has 1 aliphatic rings. The molecule has 0 spiro atoms. The molecule has 1 atom stereocenters. The molecular weight excluding hydrogens is 304 g/mol. The lowest BCUT2D eigenvalue weighted by molar-refractivity contribution is -0.118. The van der Waals surface area contributed by atoms with Gasteiger partial charge in [-0.3, -0.25) is 9.59 Å². The molecule has 3 rings (SSSR count). The van der Waals surface area contributed by atoms with Crippen LogP contribution < -0.4 is 10.1 Å². The molecule has 0 saturated heterocycles. The molecule has 114 valence electrons. The largest absolute Gasteiger partial charge is 0.482 e. The second-order valence-corrected chi connectivity index (χ2v) is 6.22. The Kier molecular flexibility index (Phi) is 3.89. The van der Waals surface area contributed by atoms with Gasteiger partial charge in [0.05, 0.1) is 16.6 Å². The number of anilines is 1. The maximum atomic E-state index is 12.5. The summed E-state index contributed by atoms with van der Waals surface area (Å²) in [5, 5.41) is 2.81. The third kappa shape index (κ3) is 2.99. The van der Waals surface area contributed by atoms with E-state index >= 15 is 0 Å². The van der Waals surface area contributed by atoms with Crippen molar-refractivity contribution in [3.63, 3.8) is 0 Å². The number of nitrogens with one attached hydrogen (secondary N) is 1. The Bertz CT molecular complexity index is 741. The number of carbonyl (C=O) groups is 2. The van der Waals surface area contributed by atoms with Crippen LogP contribution in [0.1, 0.15) is 23.0 Å². The summed E-state index contributed by atoms with van der Waals surface area (Å²) < 4.78 is 10.5. The van der Waals surface area contributed by atoms with Gasteiger partial charge in [-0.2, -0.15) is 0 Å². The minimum absolute atomic E-state index is 0.00391. The molecule has 1 N–H and O–H groups in total. The first-order valence-corrected chi connectivity index (χ1v) is 7.60. The summed E-state index contributed by atoms with van der Waals surface area (Å²) in [6.45, 7) is 3.61. The van der Waals surface area contributed by atoms with Gasteiger partial charge < -0.3 is 14.5 Å². The topological polar surface area (TPSA) is 81.4 Å². The summed E-state index contributed by atoms with van der Waals surface area (Å²) in [6.07, 6.45) is 1.55. The summed E-state index contributed by atoms with van der Waals surface area (Å²) in [5.41, 5.74) is 1.80. The van der Waals surface area contributed by atoms with Crippen molar-refractivity contribution in [2.75, 3.05) is 11.9 Å². The van der Waals surface area contributed by atoms with Crippen molar-refractivity contribution in [1.82, 2.24) is 4.98 Å². The zero-order chi connectivity index (χ0) is 15.7. The first-order valence-electron chi connectivity index (χ1n) is 6.72. The smallest absolute Gasteiger partial charge is 0.262 e. The van der Waals surface area contributed by atoms with Crippen LogP contribution in [-0.2, 0) is 4.79 Å². The van der Waals surface area contributed by atoms with E-state index in [2.05, 4.69) is 10.3 Å². The van der Waals surface area contributed by atoms with Gasteiger partial charge in [-0.25, -0.2) is 4.98 Å². The van der Waals surface area contributed by atoms with Gasteiger partial charge in [0.2, 0.25) is 0 Å². The lowest BCUT2D eigenvalue weighted by Crippen LogP contribution is -2.25. The van der Waals surface area contributed by atoms with Crippen LogP contribution in [-0.4, -0.2) is 28.5 Å². The fourth-order valence-corrected chi connectivity index (χ4v) is 2.91. The molecule has 0 bridgehead atoms. The Balaban J connectivity index is 1.77. The molecule has 0 saturated carbocycles. The highest BCUT2D eigenvalue weighted by atomic mass is 32.2. The second kappa shape index (κ2) is 5.84. The lowest BCUT2D eigenvalue weighted by Gasteiger charge is -2.18. The molecule has 7 heteroatoms. The standard InChI is InChI=1S/C15H14N2O4S/c1-8-6-21-15(16-8)22-9(2)14(19)10-3-4-12-11(5-10)17-13(18)7-20-12/h3-6,9H,7H2,1-2H3,(H,17,18). The molecule has 2 aromatic rings. The van der Waals surface area contributed by atoms with Crippen LogP contribution in [0.5, 0.6) is 5.75 Å². The number of aromatic nitrogens is 1. The third-order valence-electron chi connectivity index (χ3n) is 3.14. The van der Waals surface area contributed by atoms with E-state index in [-0.39, 0.29) is 23.5 Å². The first kappa shape index (κ1) is 14.6. The number of oxazole rings is 1. The number of fused-ring (bicyclic) bond motifs is 1. The van der Waals surface area contributed by atoms with Crippen LogP contribution in [0.4, 0.5) is 5.69 Å². The Hall–Kier alpha value is -2.28. The number of hydrogen-bond donors (Lipinski definition) is 1. The summed E-state index contributed by atoms with van der Waals surface area (Å²) in [7, 11) is 0. The Morgan fingerprint density at radius 1 is 1.45 bits per heavy atom. The molecular formula is C15H14N2O4S. The molecule has 1 aromatic carbocycles. The van der Waals surface area contributed by atoms with Crippen LogP contribution in [0.25, 0.3) is 0 Å². The first-order chi connectivity index (χ1) is 10.5. The van der Waals surface area contributed by atoms with Crippen LogP contribution in [0.3, 0.4) is 0 Å². The molecule has 22 heavy (non-hydrogen) atoms. The zero-order valence-electron chi connectivity index (χ0n) is 12.1. The monoisotopic (exact) mass is 318 g/mol. The molecule has 6 nitrogen and oxygen atoms in total. The number of hydrogen-bond acceptors (Lipinski definition) is 6. The van der Waals surface area contributed by atoms with Gasteiger partial charge in [-0.15, -0.1) is 0 Å². The second-order valence-electron chi connectivity index (χ2n) is 4.93. The molecule has 1 amide bonds. The van der Waals surface area contributed by atoms with Gasteiger partial charge in [0.25, 0.3) is 11.1 Å². The zero-order valence-corrected chi connectivity index (χ0v) is 12.9. The predicted molar refractivity (Wildman–Crippen MR) is 81.5 cm³/mol. The fourth-order valence-electron chi connectivity index (χ4n) is 2.06. The predicted octanol–water partition coefficient (Wildman–Crippen LogP) is 2.68. The van der Waals surface area contributed by atoms with Crippen molar-refractivity contribution >= 4 is 29.1 Å². The molecule has 0 aliphatic carbocycles. The lowest BCUT2D eigenvalue weighted by atomic mass is 10.1. The maximum absolute atomic E-state index is 12.5.